The molecule has 0 aliphatic rings. The summed E-state index contributed by atoms with van der Waals surface area (Å²) in [5.41, 5.74) is 0. The van der Waals surface area contributed by atoms with Gasteiger partial charge in [0.05, 0.1) is 0 Å². The van der Waals surface area contributed by atoms with E-state index in [0.717, 1.165) is 69.6 Å². The SMILES string of the molecule is CCCCCCCCCCCCCCCCCCCCC(=O)OC[C@H](COC(=O)CCCCCCCCCCCCCC(C)C)OC(=O)CCCCCCCCCCCC(C)C. The number of carbonyl (C=O) groups excluding carboxylic acids is 3. The van der Waals surface area contributed by atoms with Crippen LogP contribution in [-0.2, 0) is 28.6 Å². The van der Waals surface area contributed by atoms with E-state index in [2.05, 4.69) is 34.6 Å². The van der Waals surface area contributed by atoms with Gasteiger partial charge in [-0.15, -0.1) is 0 Å². The van der Waals surface area contributed by atoms with Crippen molar-refractivity contribution >= 4 is 17.9 Å². The largest absolute Gasteiger partial charge is 0.462 e. The average Bonchev–Trinajstić information content (AvgIpc) is 3.24. The minimum Gasteiger partial charge on any atom is -0.462 e. The number of esters is 3. The van der Waals surface area contributed by atoms with Crippen LogP contribution in [-0.4, -0.2) is 37.2 Å². The van der Waals surface area contributed by atoms with Gasteiger partial charge in [-0.05, 0) is 31.1 Å². The molecule has 0 amide bonds. The summed E-state index contributed by atoms with van der Waals surface area (Å²) in [5, 5.41) is 0. The van der Waals surface area contributed by atoms with E-state index in [1.165, 1.54) is 199 Å². The first-order chi connectivity index (χ1) is 30.2. The number of hydrogen-bond acceptors (Lipinski definition) is 6. The van der Waals surface area contributed by atoms with Gasteiger partial charge < -0.3 is 14.2 Å². The van der Waals surface area contributed by atoms with E-state index in [1.807, 2.05) is 0 Å². The van der Waals surface area contributed by atoms with E-state index in [4.69, 9.17) is 14.2 Å². The minimum atomic E-state index is -0.762. The Kier molecular flexibility index (Phi) is 47.6. The van der Waals surface area contributed by atoms with Crippen LogP contribution in [0, 0.1) is 11.8 Å². The maximum absolute atomic E-state index is 12.8. The third-order valence-corrected chi connectivity index (χ3v) is 12.7. The zero-order chi connectivity index (χ0) is 45.4. The molecule has 0 aliphatic heterocycles. The van der Waals surface area contributed by atoms with Crippen molar-refractivity contribution in [2.45, 2.75) is 317 Å². The summed E-state index contributed by atoms with van der Waals surface area (Å²) in [7, 11) is 0. The highest BCUT2D eigenvalue weighted by atomic mass is 16.6. The summed E-state index contributed by atoms with van der Waals surface area (Å²) in [6.07, 6.45) is 51.0. The first kappa shape index (κ1) is 60.4. The summed E-state index contributed by atoms with van der Waals surface area (Å²) in [5.74, 6) is 0.788. The van der Waals surface area contributed by atoms with Crippen molar-refractivity contribution in [2.75, 3.05) is 13.2 Å². The van der Waals surface area contributed by atoms with Crippen LogP contribution < -0.4 is 0 Å². The molecule has 0 aromatic carbocycles. The molecule has 368 valence electrons. The van der Waals surface area contributed by atoms with Crippen LogP contribution in [0.3, 0.4) is 0 Å². The average molecular weight is 877 g/mol. The Hall–Kier alpha value is -1.59. The Balaban J connectivity index is 4.27. The molecule has 6 nitrogen and oxygen atoms in total. The Bertz CT molecular complexity index is 947. The fraction of sp³-hybridized carbons (Fsp3) is 0.946. The van der Waals surface area contributed by atoms with Gasteiger partial charge in [0.2, 0.25) is 0 Å². The fourth-order valence-electron chi connectivity index (χ4n) is 8.52. The Morgan fingerprint density at radius 1 is 0.306 bits per heavy atom. The van der Waals surface area contributed by atoms with Crippen molar-refractivity contribution in [3.05, 3.63) is 0 Å². The molecule has 0 spiro atoms. The van der Waals surface area contributed by atoms with Crippen molar-refractivity contribution in [2.24, 2.45) is 11.8 Å². The van der Waals surface area contributed by atoms with Crippen molar-refractivity contribution < 1.29 is 28.6 Å². The smallest absolute Gasteiger partial charge is 0.306 e. The van der Waals surface area contributed by atoms with E-state index in [0.29, 0.717) is 19.3 Å². The van der Waals surface area contributed by atoms with E-state index in [-0.39, 0.29) is 31.1 Å². The van der Waals surface area contributed by atoms with Crippen molar-refractivity contribution in [3.63, 3.8) is 0 Å². The Labute approximate surface area is 387 Å². The molecule has 0 radical (unpaired) electrons. The lowest BCUT2D eigenvalue weighted by Gasteiger charge is -2.18. The molecule has 0 fully saturated rings. The number of hydrogen-bond donors (Lipinski definition) is 0. The molecule has 62 heavy (non-hydrogen) atoms. The highest BCUT2D eigenvalue weighted by Gasteiger charge is 2.19. The van der Waals surface area contributed by atoms with Crippen molar-refractivity contribution in [1.82, 2.24) is 0 Å². The molecule has 0 N–H and O–H groups in total. The second-order valence-electron chi connectivity index (χ2n) is 20.2. The summed E-state index contributed by atoms with van der Waals surface area (Å²) >= 11 is 0. The monoisotopic (exact) mass is 877 g/mol. The molecule has 6 heteroatoms. The van der Waals surface area contributed by atoms with Crippen LogP contribution in [0.4, 0.5) is 0 Å². The van der Waals surface area contributed by atoms with Crippen LogP contribution in [0.15, 0.2) is 0 Å². The van der Waals surface area contributed by atoms with Gasteiger partial charge in [-0.3, -0.25) is 14.4 Å². The lowest BCUT2D eigenvalue weighted by molar-refractivity contribution is -0.167. The molecular formula is C56H108O6. The fourth-order valence-corrected chi connectivity index (χ4v) is 8.52. The highest BCUT2D eigenvalue weighted by Crippen LogP contribution is 2.18. The van der Waals surface area contributed by atoms with E-state index in [1.54, 1.807) is 0 Å². The summed E-state index contributed by atoms with van der Waals surface area (Å²) < 4.78 is 16.9. The molecular weight excluding hydrogens is 769 g/mol. The van der Waals surface area contributed by atoms with Gasteiger partial charge in [0.1, 0.15) is 13.2 Å². The zero-order valence-electron chi connectivity index (χ0n) is 42.5. The predicted octanol–water partition coefficient (Wildman–Crippen LogP) is 18.1. The maximum atomic E-state index is 12.8. The van der Waals surface area contributed by atoms with Crippen LogP contribution in [0.25, 0.3) is 0 Å². The van der Waals surface area contributed by atoms with Gasteiger partial charge in [-0.25, -0.2) is 0 Å². The highest BCUT2D eigenvalue weighted by molar-refractivity contribution is 5.71. The first-order valence-electron chi connectivity index (χ1n) is 27.7. The molecule has 0 aromatic heterocycles. The third-order valence-electron chi connectivity index (χ3n) is 12.7. The molecule has 1 atom stereocenters. The summed E-state index contributed by atoms with van der Waals surface area (Å²) in [6.45, 7) is 11.4. The number of unbranched alkanes of at least 4 members (excludes halogenated alkanes) is 35. The molecule has 0 saturated heterocycles. The lowest BCUT2D eigenvalue weighted by atomic mass is 10.0. The standard InChI is InChI=1S/C56H108O6/c1-6-7-8-9-10-11-12-13-14-15-16-17-18-21-26-31-36-41-46-54(57)60-49-53(62-56(59)48-43-38-33-28-23-25-30-35-40-45-52(4)5)50-61-55(58)47-42-37-32-27-22-19-20-24-29-34-39-44-51(2)3/h51-53H,6-50H2,1-5H3/t53-/m1/s1. The predicted molar refractivity (Wildman–Crippen MR) is 266 cm³/mol. The summed E-state index contributed by atoms with van der Waals surface area (Å²) in [4.78, 5) is 38.0. The first-order valence-corrected chi connectivity index (χ1v) is 27.7. The van der Waals surface area contributed by atoms with Gasteiger partial charge >= 0.3 is 17.9 Å². The van der Waals surface area contributed by atoms with E-state index in [9.17, 15) is 14.4 Å². The van der Waals surface area contributed by atoms with Gasteiger partial charge in [0.15, 0.2) is 6.10 Å². The van der Waals surface area contributed by atoms with Crippen molar-refractivity contribution in [1.29, 1.82) is 0 Å². The van der Waals surface area contributed by atoms with Crippen LogP contribution in [0.2, 0.25) is 0 Å². The summed E-state index contributed by atoms with van der Waals surface area (Å²) in [6, 6.07) is 0. The Morgan fingerprint density at radius 3 is 0.790 bits per heavy atom. The normalized spacial score (nSPS) is 12.0. The van der Waals surface area contributed by atoms with Crippen LogP contribution in [0.1, 0.15) is 311 Å². The van der Waals surface area contributed by atoms with Gasteiger partial charge in [0.25, 0.3) is 0 Å². The van der Waals surface area contributed by atoms with E-state index < -0.39 is 6.10 Å². The minimum absolute atomic E-state index is 0.0635. The number of carbonyl (C=O) groups is 3. The maximum Gasteiger partial charge on any atom is 0.306 e. The quantitative estimate of drug-likeness (QED) is 0.0344. The molecule has 0 aliphatic carbocycles. The van der Waals surface area contributed by atoms with Crippen LogP contribution in [0.5, 0.6) is 0 Å². The van der Waals surface area contributed by atoms with Gasteiger partial charge in [-0.1, -0.05) is 272 Å². The molecule has 0 aromatic rings. The molecule has 0 heterocycles. The Morgan fingerprint density at radius 2 is 0.532 bits per heavy atom. The third kappa shape index (κ3) is 49.4. The van der Waals surface area contributed by atoms with E-state index >= 15 is 0 Å². The molecule has 0 bridgehead atoms. The molecule has 0 unspecified atom stereocenters. The van der Waals surface area contributed by atoms with Crippen molar-refractivity contribution in [3.8, 4) is 0 Å². The number of ether oxygens (including phenoxy) is 3. The number of rotatable bonds is 50. The topological polar surface area (TPSA) is 78.9 Å². The lowest BCUT2D eigenvalue weighted by Crippen LogP contribution is -2.30. The van der Waals surface area contributed by atoms with Gasteiger partial charge in [-0.2, -0.15) is 0 Å². The molecule has 0 saturated carbocycles. The molecule has 0 rings (SSSR count). The second-order valence-corrected chi connectivity index (χ2v) is 20.2. The van der Waals surface area contributed by atoms with Crippen LogP contribution >= 0.6 is 0 Å². The zero-order valence-corrected chi connectivity index (χ0v) is 42.5. The second kappa shape index (κ2) is 48.9. The van der Waals surface area contributed by atoms with Gasteiger partial charge in [0, 0.05) is 19.3 Å².